The number of aliphatic imine (C=N–C) groups is 1. The minimum atomic E-state index is -1.43. The summed E-state index contributed by atoms with van der Waals surface area (Å²) in [6, 6.07) is 4.01. The second kappa shape index (κ2) is 8.30. The third-order valence-electron chi connectivity index (χ3n) is 5.38. The first-order chi connectivity index (χ1) is 15.0. The van der Waals surface area contributed by atoms with E-state index in [0.29, 0.717) is 12.0 Å². The molecule has 0 radical (unpaired) electrons. The molecule has 1 aliphatic heterocycles. The molecule has 31 heavy (non-hydrogen) atoms. The van der Waals surface area contributed by atoms with Crippen molar-refractivity contribution in [1.82, 2.24) is 9.97 Å². The van der Waals surface area contributed by atoms with Crippen molar-refractivity contribution < 1.29 is 23.0 Å². The van der Waals surface area contributed by atoms with Gasteiger partial charge in [0.15, 0.2) is 12.4 Å². The van der Waals surface area contributed by atoms with Crippen LogP contribution >= 0.6 is 0 Å². The molecule has 7 nitrogen and oxygen atoms in total. The number of hydrogen-bond donors (Lipinski definition) is 1. The largest absolute Gasteiger partial charge is 0.463 e. The lowest BCUT2D eigenvalue weighted by molar-refractivity contribution is 0.0987. The lowest BCUT2D eigenvalue weighted by atomic mass is 9.84. The normalized spacial score (nSPS) is 23.5. The van der Waals surface area contributed by atoms with Crippen LogP contribution in [0.2, 0.25) is 0 Å². The number of carbonyl (C=O) groups is 1. The SMILES string of the molecule is CC#CCOc1cnc(C(=O)Cc2ccc(F)c([C@@]3(CF)N=C(N)O[C@@H]4C[C@@H]43)c2)cn1. The Morgan fingerprint density at radius 3 is 2.94 bits per heavy atom. The molecule has 0 unspecified atom stereocenters. The first-order valence-corrected chi connectivity index (χ1v) is 9.71. The van der Waals surface area contributed by atoms with E-state index in [1.807, 2.05) is 0 Å². The van der Waals surface area contributed by atoms with Gasteiger partial charge in [-0.3, -0.25) is 4.79 Å². The third kappa shape index (κ3) is 4.06. The van der Waals surface area contributed by atoms with Crippen LogP contribution in [0.5, 0.6) is 5.88 Å². The molecule has 2 heterocycles. The van der Waals surface area contributed by atoms with Gasteiger partial charge in [0.2, 0.25) is 5.88 Å². The highest BCUT2D eigenvalue weighted by atomic mass is 19.1. The zero-order valence-electron chi connectivity index (χ0n) is 16.8. The smallest absolute Gasteiger partial charge is 0.283 e. The van der Waals surface area contributed by atoms with E-state index in [0.717, 1.165) is 0 Å². The summed E-state index contributed by atoms with van der Waals surface area (Å²) in [4.78, 5) is 24.9. The molecule has 0 amide bonds. The number of carbonyl (C=O) groups excluding carboxylic acids is 1. The van der Waals surface area contributed by atoms with Crippen molar-refractivity contribution in [3.63, 3.8) is 0 Å². The first-order valence-electron chi connectivity index (χ1n) is 9.71. The molecule has 1 fully saturated rings. The molecule has 3 atom stereocenters. The van der Waals surface area contributed by atoms with E-state index in [9.17, 15) is 13.6 Å². The van der Waals surface area contributed by atoms with Crippen molar-refractivity contribution in [3.05, 3.63) is 53.2 Å². The number of amidine groups is 1. The first kappa shape index (κ1) is 20.7. The summed E-state index contributed by atoms with van der Waals surface area (Å²) in [6.45, 7) is 0.953. The predicted octanol–water partition coefficient (Wildman–Crippen LogP) is 2.34. The van der Waals surface area contributed by atoms with E-state index in [1.54, 1.807) is 6.92 Å². The number of benzene rings is 1. The lowest BCUT2D eigenvalue weighted by Gasteiger charge is -2.31. The number of ether oxygens (including phenoxy) is 2. The van der Waals surface area contributed by atoms with Gasteiger partial charge in [-0.25, -0.2) is 23.7 Å². The summed E-state index contributed by atoms with van der Waals surface area (Å²) >= 11 is 0. The minimum absolute atomic E-state index is 0.0599. The van der Waals surface area contributed by atoms with Gasteiger partial charge in [-0.05, 0) is 31.0 Å². The molecule has 1 saturated carbocycles. The average molecular weight is 426 g/mol. The van der Waals surface area contributed by atoms with Crippen molar-refractivity contribution in [2.45, 2.75) is 31.4 Å². The van der Waals surface area contributed by atoms with Crippen LogP contribution in [-0.4, -0.2) is 41.2 Å². The summed E-state index contributed by atoms with van der Waals surface area (Å²) in [5, 5.41) is 0. The standard InChI is InChI=1S/C22H20F2N4O3/c1-2-3-6-30-20-11-26-17(10-27-20)18(29)8-13-4-5-16(24)14(7-13)22(12-23)15-9-19(15)31-21(25)28-22/h4-5,7,10-11,15,19H,6,8-9,12H2,1H3,(H2,25,28)/t15-,19+,22+/m0/s1. The van der Waals surface area contributed by atoms with E-state index < -0.39 is 18.0 Å². The van der Waals surface area contributed by atoms with Crippen LogP contribution in [-0.2, 0) is 16.7 Å². The number of halogens is 2. The number of fused-ring (bicyclic) bond motifs is 1. The Kier molecular flexibility index (Phi) is 5.55. The highest BCUT2D eigenvalue weighted by molar-refractivity contribution is 5.95. The van der Waals surface area contributed by atoms with Crippen molar-refractivity contribution in [3.8, 4) is 17.7 Å². The summed E-state index contributed by atoms with van der Waals surface area (Å²) in [5.74, 6) is 4.46. The molecule has 1 aromatic carbocycles. The van der Waals surface area contributed by atoms with Crippen LogP contribution in [0.1, 0.15) is 35.0 Å². The van der Waals surface area contributed by atoms with Gasteiger partial charge >= 0.3 is 0 Å². The Morgan fingerprint density at radius 2 is 2.23 bits per heavy atom. The minimum Gasteiger partial charge on any atom is -0.463 e. The topological polar surface area (TPSA) is 99.7 Å². The van der Waals surface area contributed by atoms with Crippen molar-refractivity contribution in [2.75, 3.05) is 13.3 Å². The highest BCUT2D eigenvalue weighted by Gasteiger charge is 2.60. The molecule has 9 heteroatoms. The monoisotopic (exact) mass is 426 g/mol. The lowest BCUT2D eigenvalue weighted by Crippen LogP contribution is -2.39. The van der Waals surface area contributed by atoms with Crippen LogP contribution < -0.4 is 10.5 Å². The molecule has 1 aromatic heterocycles. The van der Waals surface area contributed by atoms with Gasteiger partial charge in [0.25, 0.3) is 6.02 Å². The van der Waals surface area contributed by atoms with Gasteiger partial charge in [0.05, 0.1) is 12.4 Å². The van der Waals surface area contributed by atoms with Crippen LogP contribution in [0, 0.1) is 23.6 Å². The van der Waals surface area contributed by atoms with E-state index in [-0.39, 0.29) is 54.0 Å². The van der Waals surface area contributed by atoms with E-state index >= 15 is 0 Å². The molecule has 2 aliphatic rings. The van der Waals surface area contributed by atoms with Gasteiger partial charge in [0, 0.05) is 17.9 Å². The number of nitrogens with zero attached hydrogens (tertiary/aromatic N) is 3. The van der Waals surface area contributed by atoms with Gasteiger partial charge < -0.3 is 15.2 Å². The zero-order valence-corrected chi connectivity index (χ0v) is 16.8. The Balaban J connectivity index is 1.54. The molecular weight excluding hydrogens is 406 g/mol. The van der Waals surface area contributed by atoms with E-state index in [1.165, 1.54) is 30.6 Å². The number of hydrogen-bond acceptors (Lipinski definition) is 7. The molecule has 1 aliphatic carbocycles. The Morgan fingerprint density at radius 1 is 1.39 bits per heavy atom. The van der Waals surface area contributed by atoms with E-state index in [2.05, 4.69) is 26.8 Å². The van der Waals surface area contributed by atoms with Gasteiger partial charge in [-0.2, -0.15) is 0 Å². The van der Waals surface area contributed by atoms with Gasteiger partial charge in [0.1, 0.15) is 29.8 Å². The average Bonchev–Trinajstić information content (AvgIpc) is 3.55. The van der Waals surface area contributed by atoms with Crippen molar-refractivity contribution in [1.29, 1.82) is 0 Å². The number of aromatic nitrogens is 2. The zero-order chi connectivity index (χ0) is 22.0. The fourth-order valence-electron chi connectivity index (χ4n) is 3.73. The third-order valence-corrected chi connectivity index (χ3v) is 5.38. The molecule has 0 saturated heterocycles. The molecule has 2 N–H and O–H groups in total. The van der Waals surface area contributed by atoms with Crippen molar-refractivity contribution in [2.24, 2.45) is 16.6 Å². The van der Waals surface area contributed by atoms with Crippen LogP contribution in [0.3, 0.4) is 0 Å². The molecule has 160 valence electrons. The predicted molar refractivity (Wildman–Crippen MR) is 108 cm³/mol. The number of rotatable bonds is 7. The quantitative estimate of drug-likeness (QED) is 0.539. The second-order valence-electron chi connectivity index (χ2n) is 7.38. The summed E-state index contributed by atoms with van der Waals surface area (Å²) in [7, 11) is 0. The maximum absolute atomic E-state index is 14.7. The highest BCUT2D eigenvalue weighted by Crippen LogP contribution is 2.53. The molecule has 2 aromatic rings. The number of nitrogens with two attached hydrogens (primary N) is 1. The number of Topliss-reactive ketones (excluding diaryl/α,β-unsaturated/α-hetero) is 1. The summed E-state index contributed by atoms with van der Waals surface area (Å²) in [6.07, 6.45) is 2.87. The van der Waals surface area contributed by atoms with Crippen LogP contribution in [0.25, 0.3) is 0 Å². The Hall–Kier alpha value is -3.54. The molecular formula is C22H20F2N4O3. The summed E-state index contributed by atoms with van der Waals surface area (Å²) in [5.41, 5.74) is 4.97. The molecule has 0 spiro atoms. The van der Waals surface area contributed by atoms with Gasteiger partial charge in [-0.15, -0.1) is 5.92 Å². The van der Waals surface area contributed by atoms with Crippen LogP contribution in [0.4, 0.5) is 8.78 Å². The fraction of sp³-hybridized carbons (Fsp3) is 0.364. The Labute approximate surface area is 177 Å². The molecule has 4 rings (SSSR count). The van der Waals surface area contributed by atoms with Crippen LogP contribution in [0.15, 0.2) is 35.6 Å². The second-order valence-corrected chi connectivity index (χ2v) is 7.38. The Bertz CT molecular complexity index is 1090. The number of alkyl halides is 1. The van der Waals surface area contributed by atoms with Crippen molar-refractivity contribution >= 4 is 11.8 Å². The van der Waals surface area contributed by atoms with Gasteiger partial charge in [-0.1, -0.05) is 12.0 Å². The summed E-state index contributed by atoms with van der Waals surface area (Å²) < 4.78 is 39.5. The maximum atomic E-state index is 14.7. The van der Waals surface area contributed by atoms with E-state index in [4.69, 9.17) is 15.2 Å². The maximum Gasteiger partial charge on any atom is 0.283 e. The number of ketones is 1. The molecule has 0 bridgehead atoms. The fourth-order valence-corrected chi connectivity index (χ4v) is 3.73.